The van der Waals surface area contributed by atoms with E-state index >= 15 is 0 Å². The van der Waals surface area contributed by atoms with Crippen LogP contribution in [0.1, 0.15) is 46.5 Å². The van der Waals surface area contributed by atoms with Crippen molar-refractivity contribution in [2.75, 3.05) is 45.8 Å². The van der Waals surface area contributed by atoms with Crippen LogP contribution in [0.25, 0.3) is 0 Å². The first-order valence-corrected chi connectivity index (χ1v) is 9.34. The summed E-state index contributed by atoms with van der Waals surface area (Å²) in [5.74, 6) is 2.27. The minimum atomic E-state index is 0.389. The highest BCUT2D eigenvalue weighted by atomic mass is 16.2. The average molecular weight is 309 g/mol. The fourth-order valence-corrected chi connectivity index (χ4v) is 3.99. The Hall–Kier alpha value is -0.610. The zero-order chi connectivity index (χ0) is 15.9. The summed E-state index contributed by atoms with van der Waals surface area (Å²) in [6.07, 6.45) is 4.47. The molecule has 0 saturated carbocycles. The van der Waals surface area contributed by atoms with E-state index in [4.69, 9.17) is 0 Å². The van der Waals surface area contributed by atoms with Gasteiger partial charge >= 0.3 is 0 Å². The molecule has 2 aliphatic heterocycles. The van der Waals surface area contributed by atoms with E-state index in [-0.39, 0.29) is 0 Å². The molecule has 4 heteroatoms. The number of likely N-dealkylation sites (tertiary alicyclic amines) is 1. The van der Waals surface area contributed by atoms with Crippen molar-refractivity contribution in [2.45, 2.75) is 46.5 Å². The molecule has 2 aliphatic rings. The lowest BCUT2D eigenvalue weighted by atomic mass is 9.85. The van der Waals surface area contributed by atoms with Gasteiger partial charge in [-0.15, -0.1) is 0 Å². The van der Waals surface area contributed by atoms with Gasteiger partial charge in [0.15, 0.2) is 0 Å². The second-order valence-corrected chi connectivity index (χ2v) is 7.27. The summed E-state index contributed by atoms with van der Waals surface area (Å²) in [6, 6.07) is 0. The number of amides is 1. The lowest BCUT2D eigenvalue weighted by Gasteiger charge is -2.29. The molecule has 0 aromatic rings. The molecule has 0 aromatic carbocycles. The number of nitrogens with one attached hydrogen (secondary N) is 1. The average Bonchev–Trinajstić information content (AvgIpc) is 3.02. The van der Waals surface area contributed by atoms with Gasteiger partial charge in [-0.2, -0.15) is 0 Å². The maximum atomic E-state index is 12.6. The number of nitrogens with zero attached hydrogens (tertiary/aromatic N) is 2. The summed E-state index contributed by atoms with van der Waals surface area (Å²) in [5.41, 5.74) is 0. The molecule has 0 aromatic heterocycles. The molecule has 3 atom stereocenters. The van der Waals surface area contributed by atoms with Gasteiger partial charge in [0.05, 0.1) is 0 Å². The molecule has 2 rings (SSSR count). The fraction of sp³-hybridized carbons (Fsp3) is 0.944. The van der Waals surface area contributed by atoms with Crippen LogP contribution < -0.4 is 5.32 Å². The van der Waals surface area contributed by atoms with Crippen molar-refractivity contribution in [2.24, 2.45) is 17.8 Å². The molecular weight excluding hydrogens is 274 g/mol. The molecule has 0 spiro atoms. The van der Waals surface area contributed by atoms with Gasteiger partial charge in [0, 0.05) is 26.1 Å². The Labute approximate surface area is 136 Å². The Bertz CT molecular complexity index is 337. The van der Waals surface area contributed by atoms with E-state index in [1.54, 1.807) is 0 Å². The molecule has 2 fully saturated rings. The Morgan fingerprint density at radius 2 is 2.09 bits per heavy atom. The highest BCUT2D eigenvalue weighted by molar-refractivity contribution is 5.76. The Morgan fingerprint density at radius 3 is 2.73 bits per heavy atom. The minimum absolute atomic E-state index is 0.389. The van der Waals surface area contributed by atoms with Crippen LogP contribution in [0.3, 0.4) is 0 Å². The highest BCUT2D eigenvalue weighted by Gasteiger charge is 2.29. The summed E-state index contributed by atoms with van der Waals surface area (Å²) < 4.78 is 0. The smallest absolute Gasteiger partial charge is 0.222 e. The van der Waals surface area contributed by atoms with Crippen molar-refractivity contribution in [3.63, 3.8) is 0 Å². The molecule has 1 amide bonds. The van der Waals surface area contributed by atoms with Gasteiger partial charge in [0.25, 0.3) is 0 Å². The quantitative estimate of drug-likeness (QED) is 0.783. The SMILES string of the molecule is CCN(CC)CC1CCN(C(=O)CC(C)C2CCCNC2)C1. The molecule has 0 bridgehead atoms. The largest absolute Gasteiger partial charge is 0.342 e. The molecule has 1 N–H and O–H groups in total. The molecule has 0 radical (unpaired) electrons. The van der Waals surface area contributed by atoms with Gasteiger partial charge in [-0.1, -0.05) is 20.8 Å². The van der Waals surface area contributed by atoms with E-state index in [9.17, 15) is 4.79 Å². The molecule has 3 unspecified atom stereocenters. The first-order valence-electron chi connectivity index (χ1n) is 9.34. The van der Waals surface area contributed by atoms with Crippen molar-refractivity contribution in [3.05, 3.63) is 0 Å². The monoisotopic (exact) mass is 309 g/mol. The van der Waals surface area contributed by atoms with Gasteiger partial charge in [-0.05, 0) is 63.2 Å². The Balaban J connectivity index is 1.74. The number of piperidine rings is 1. The number of carbonyl (C=O) groups excluding carboxylic acids is 1. The number of carbonyl (C=O) groups is 1. The first kappa shape index (κ1) is 17.7. The van der Waals surface area contributed by atoms with E-state index in [2.05, 4.69) is 35.9 Å². The molecule has 2 saturated heterocycles. The predicted octanol–water partition coefficient (Wildman–Crippen LogP) is 2.20. The number of rotatable bonds is 7. The summed E-state index contributed by atoms with van der Waals surface area (Å²) in [6.45, 7) is 14.3. The van der Waals surface area contributed by atoms with Crippen LogP contribution in [0.5, 0.6) is 0 Å². The number of hydrogen-bond acceptors (Lipinski definition) is 3. The van der Waals surface area contributed by atoms with Gasteiger partial charge in [0.1, 0.15) is 0 Å². The van der Waals surface area contributed by atoms with Gasteiger partial charge in [-0.25, -0.2) is 0 Å². The summed E-state index contributed by atoms with van der Waals surface area (Å²) in [5, 5.41) is 3.47. The topological polar surface area (TPSA) is 35.6 Å². The van der Waals surface area contributed by atoms with Crippen LogP contribution in [0.4, 0.5) is 0 Å². The van der Waals surface area contributed by atoms with Crippen LogP contribution in [-0.2, 0) is 4.79 Å². The van der Waals surface area contributed by atoms with Crippen LogP contribution in [-0.4, -0.2) is 61.5 Å². The van der Waals surface area contributed by atoms with Crippen LogP contribution in [0, 0.1) is 17.8 Å². The molecule has 128 valence electrons. The van der Waals surface area contributed by atoms with Crippen molar-refractivity contribution in [1.82, 2.24) is 15.1 Å². The second kappa shape index (κ2) is 8.88. The Morgan fingerprint density at radius 1 is 1.32 bits per heavy atom. The highest BCUT2D eigenvalue weighted by Crippen LogP contribution is 2.25. The van der Waals surface area contributed by atoms with Crippen molar-refractivity contribution < 1.29 is 4.79 Å². The van der Waals surface area contributed by atoms with Crippen LogP contribution >= 0.6 is 0 Å². The molecule has 22 heavy (non-hydrogen) atoms. The van der Waals surface area contributed by atoms with Gasteiger partial charge < -0.3 is 15.1 Å². The third-order valence-corrected chi connectivity index (χ3v) is 5.69. The maximum Gasteiger partial charge on any atom is 0.222 e. The maximum absolute atomic E-state index is 12.6. The van der Waals surface area contributed by atoms with E-state index in [0.29, 0.717) is 23.7 Å². The van der Waals surface area contributed by atoms with Gasteiger partial charge in [0.2, 0.25) is 5.91 Å². The third kappa shape index (κ3) is 4.95. The molecule has 4 nitrogen and oxygen atoms in total. The molecular formula is C18H35N3O. The molecule has 2 heterocycles. The summed E-state index contributed by atoms with van der Waals surface area (Å²) >= 11 is 0. The summed E-state index contributed by atoms with van der Waals surface area (Å²) in [7, 11) is 0. The van der Waals surface area contributed by atoms with Gasteiger partial charge in [-0.3, -0.25) is 4.79 Å². The lowest BCUT2D eigenvalue weighted by molar-refractivity contribution is -0.131. The molecule has 0 aliphatic carbocycles. The predicted molar refractivity (Wildman–Crippen MR) is 91.8 cm³/mol. The van der Waals surface area contributed by atoms with E-state index in [1.807, 2.05) is 0 Å². The normalized spacial score (nSPS) is 27.4. The van der Waals surface area contributed by atoms with Crippen LogP contribution in [0.2, 0.25) is 0 Å². The van der Waals surface area contributed by atoms with E-state index in [1.165, 1.54) is 19.3 Å². The van der Waals surface area contributed by atoms with E-state index in [0.717, 1.165) is 52.2 Å². The minimum Gasteiger partial charge on any atom is -0.342 e. The number of hydrogen-bond donors (Lipinski definition) is 1. The van der Waals surface area contributed by atoms with E-state index < -0.39 is 0 Å². The van der Waals surface area contributed by atoms with Crippen molar-refractivity contribution in [3.8, 4) is 0 Å². The van der Waals surface area contributed by atoms with Crippen molar-refractivity contribution >= 4 is 5.91 Å². The van der Waals surface area contributed by atoms with Crippen molar-refractivity contribution in [1.29, 1.82) is 0 Å². The van der Waals surface area contributed by atoms with Crippen LogP contribution in [0.15, 0.2) is 0 Å². The third-order valence-electron chi connectivity index (χ3n) is 5.69. The summed E-state index contributed by atoms with van der Waals surface area (Å²) in [4.78, 5) is 17.2. The second-order valence-electron chi connectivity index (χ2n) is 7.27. The Kier molecular flexibility index (Phi) is 7.16. The standard InChI is InChI=1S/C18H35N3O/c1-4-20(5-2)13-16-8-10-21(14-16)18(22)11-15(3)17-7-6-9-19-12-17/h15-17,19H,4-14H2,1-3H3. The zero-order valence-electron chi connectivity index (χ0n) is 14.8. The zero-order valence-corrected chi connectivity index (χ0v) is 14.8. The first-order chi connectivity index (χ1) is 10.6. The lowest BCUT2D eigenvalue weighted by Crippen LogP contribution is -2.37. The fourth-order valence-electron chi connectivity index (χ4n) is 3.99.